The van der Waals surface area contributed by atoms with Crippen LogP contribution in [0, 0.1) is 0 Å². The van der Waals surface area contributed by atoms with Gasteiger partial charge in [0.2, 0.25) is 0 Å². The summed E-state index contributed by atoms with van der Waals surface area (Å²) in [4.78, 5) is 0. The summed E-state index contributed by atoms with van der Waals surface area (Å²) in [6.07, 6.45) is 0.382. The smallest absolute Gasteiger partial charge is 0.166 e. The fraction of sp³-hybridized carbons (Fsp3) is 1.00. The monoisotopic (exact) mass is 126 g/mol. The minimum atomic E-state index is -1.46. The maximum atomic E-state index is 8.38. The molecule has 0 aliphatic rings. The molecule has 0 aromatic heterocycles. The summed E-state index contributed by atoms with van der Waals surface area (Å²) in [5.74, 6) is -1.46. The van der Waals surface area contributed by atoms with Crippen molar-refractivity contribution in [3.63, 3.8) is 0 Å². The number of rotatable bonds is 1. The van der Waals surface area contributed by atoms with Crippen LogP contribution in [-0.4, -0.2) is 11.0 Å². The normalized spacial score (nSPS) is 10.3. The van der Waals surface area contributed by atoms with E-state index >= 15 is 0 Å². The second kappa shape index (κ2) is 3.21. The molecule has 0 heterocycles. The average molecular weight is 127 g/mol. The zero-order valence-electron chi connectivity index (χ0n) is 4.22. The molecular weight excluding hydrogens is 115 g/mol. The van der Waals surface area contributed by atoms with Crippen LogP contribution >= 0.6 is 12.4 Å². The zero-order chi connectivity index (χ0) is 5.21. The van der Waals surface area contributed by atoms with Gasteiger partial charge >= 0.3 is 0 Å². The largest absolute Gasteiger partial charge is 0.363 e. The van der Waals surface area contributed by atoms with Gasteiger partial charge in [0.15, 0.2) is 5.85 Å². The fourth-order valence-electron chi connectivity index (χ4n) is 0. The Bertz CT molecular complexity index is 42.7. The molecule has 0 aromatic rings. The van der Waals surface area contributed by atoms with Gasteiger partial charge in [-0.2, -0.15) is 0 Å². The number of halogens is 1. The lowest BCUT2D eigenvalue weighted by Crippen LogP contribution is -2.48. The van der Waals surface area contributed by atoms with Crippen molar-refractivity contribution in [2.24, 2.45) is 11.5 Å². The van der Waals surface area contributed by atoms with Crippen molar-refractivity contribution < 1.29 is 5.11 Å². The Morgan fingerprint density at radius 3 is 1.71 bits per heavy atom. The van der Waals surface area contributed by atoms with Crippen LogP contribution in [0.3, 0.4) is 0 Å². The predicted octanol–water partition coefficient (Wildman–Crippen LogP) is -0.618. The molecule has 0 rings (SSSR count). The van der Waals surface area contributed by atoms with E-state index in [1.165, 1.54) is 0 Å². The third kappa shape index (κ3) is 10.7. The molecule has 0 aromatic carbocycles. The van der Waals surface area contributed by atoms with E-state index in [-0.39, 0.29) is 12.4 Å². The molecular formula is C3H11ClN2O. The second-order valence-electron chi connectivity index (χ2n) is 1.34. The summed E-state index contributed by atoms with van der Waals surface area (Å²) < 4.78 is 0. The highest BCUT2D eigenvalue weighted by atomic mass is 35.5. The van der Waals surface area contributed by atoms with Crippen molar-refractivity contribution in [2.45, 2.75) is 19.2 Å². The van der Waals surface area contributed by atoms with Crippen molar-refractivity contribution in [3.05, 3.63) is 0 Å². The Kier molecular flexibility index (Phi) is 4.68. The van der Waals surface area contributed by atoms with Gasteiger partial charge in [-0.25, -0.2) is 0 Å². The number of nitrogens with two attached hydrogens (primary N) is 2. The van der Waals surface area contributed by atoms with Gasteiger partial charge in [-0.05, 0) is 0 Å². The molecule has 0 fully saturated rings. The van der Waals surface area contributed by atoms with E-state index in [1.54, 1.807) is 6.92 Å². The van der Waals surface area contributed by atoms with Gasteiger partial charge in [0.1, 0.15) is 0 Å². The van der Waals surface area contributed by atoms with Crippen LogP contribution in [0.25, 0.3) is 0 Å². The second-order valence-corrected chi connectivity index (χ2v) is 1.34. The summed E-state index contributed by atoms with van der Waals surface area (Å²) in [5.41, 5.74) is 9.74. The molecule has 0 atom stereocenters. The minimum Gasteiger partial charge on any atom is -0.363 e. The van der Waals surface area contributed by atoms with Crippen LogP contribution in [0.1, 0.15) is 13.3 Å². The standard InChI is InChI=1S/C3H10N2O.ClH/c1-2-3(4,5)6;/h6H,2,4-5H2,1H3;1H. The third-order valence-corrected chi connectivity index (χ3v) is 0.566. The maximum Gasteiger partial charge on any atom is 0.166 e. The highest BCUT2D eigenvalue weighted by Crippen LogP contribution is 1.85. The number of hydrogen-bond acceptors (Lipinski definition) is 3. The summed E-state index contributed by atoms with van der Waals surface area (Å²) in [6, 6.07) is 0. The van der Waals surface area contributed by atoms with E-state index < -0.39 is 5.85 Å². The van der Waals surface area contributed by atoms with Crippen molar-refractivity contribution in [3.8, 4) is 0 Å². The Hall–Kier alpha value is 0.170. The topological polar surface area (TPSA) is 72.3 Å². The van der Waals surface area contributed by atoms with Crippen LogP contribution in [0.5, 0.6) is 0 Å². The van der Waals surface area contributed by atoms with E-state index in [0.717, 1.165) is 0 Å². The van der Waals surface area contributed by atoms with E-state index in [1.807, 2.05) is 0 Å². The van der Waals surface area contributed by atoms with Gasteiger partial charge in [-0.15, -0.1) is 12.4 Å². The van der Waals surface area contributed by atoms with E-state index in [9.17, 15) is 0 Å². The molecule has 4 heteroatoms. The molecule has 0 spiro atoms. The first kappa shape index (κ1) is 10.2. The SMILES string of the molecule is CCC(N)(N)O.Cl. The van der Waals surface area contributed by atoms with Crippen molar-refractivity contribution >= 4 is 12.4 Å². The molecule has 0 aliphatic carbocycles. The number of hydrogen-bond donors (Lipinski definition) is 3. The van der Waals surface area contributed by atoms with Crippen LogP contribution in [0.15, 0.2) is 0 Å². The Morgan fingerprint density at radius 1 is 1.57 bits per heavy atom. The molecule has 0 aliphatic heterocycles. The first-order valence-corrected chi connectivity index (χ1v) is 1.86. The summed E-state index contributed by atoms with van der Waals surface area (Å²) in [7, 11) is 0. The molecule has 46 valence electrons. The Balaban J connectivity index is 0. The lowest BCUT2D eigenvalue weighted by atomic mass is 10.3. The van der Waals surface area contributed by atoms with Gasteiger partial charge in [0, 0.05) is 6.42 Å². The fourth-order valence-corrected chi connectivity index (χ4v) is 0. The quantitative estimate of drug-likeness (QED) is 0.410. The van der Waals surface area contributed by atoms with Crippen LogP contribution < -0.4 is 11.5 Å². The van der Waals surface area contributed by atoms with Gasteiger partial charge in [-0.1, -0.05) is 6.92 Å². The molecule has 0 bridgehead atoms. The summed E-state index contributed by atoms with van der Waals surface area (Å²) >= 11 is 0. The van der Waals surface area contributed by atoms with Gasteiger partial charge in [-0.3, -0.25) is 11.5 Å². The van der Waals surface area contributed by atoms with Crippen molar-refractivity contribution in [1.82, 2.24) is 0 Å². The molecule has 0 radical (unpaired) electrons. The Morgan fingerprint density at radius 2 is 1.71 bits per heavy atom. The highest BCUT2D eigenvalue weighted by molar-refractivity contribution is 5.85. The molecule has 7 heavy (non-hydrogen) atoms. The lowest BCUT2D eigenvalue weighted by Gasteiger charge is -2.11. The van der Waals surface area contributed by atoms with Gasteiger partial charge in [0.25, 0.3) is 0 Å². The van der Waals surface area contributed by atoms with Gasteiger partial charge < -0.3 is 5.11 Å². The van der Waals surface area contributed by atoms with E-state index in [4.69, 9.17) is 16.6 Å². The summed E-state index contributed by atoms with van der Waals surface area (Å²) in [5, 5.41) is 8.38. The van der Waals surface area contributed by atoms with Crippen LogP contribution in [0.4, 0.5) is 0 Å². The van der Waals surface area contributed by atoms with Crippen molar-refractivity contribution in [2.75, 3.05) is 0 Å². The molecule has 5 N–H and O–H groups in total. The van der Waals surface area contributed by atoms with Gasteiger partial charge in [0.05, 0.1) is 0 Å². The highest BCUT2D eigenvalue weighted by Gasteiger charge is 2.06. The third-order valence-electron chi connectivity index (χ3n) is 0.566. The number of aliphatic hydroxyl groups is 1. The minimum absolute atomic E-state index is 0. The molecule has 0 unspecified atom stereocenters. The van der Waals surface area contributed by atoms with Crippen LogP contribution in [-0.2, 0) is 0 Å². The molecule has 0 saturated carbocycles. The zero-order valence-corrected chi connectivity index (χ0v) is 5.03. The first-order chi connectivity index (χ1) is 2.56. The summed E-state index contributed by atoms with van der Waals surface area (Å²) in [6.45, 7) is 1.71. The van der Waals surface area contributed by atoms with Crippen LogP contribution in [0.2, 0.25) is 0 Å². The molecule has 3 nitrogen and oxygen atoms in total. The average Bonchev–Trinajstić information content (AvgIpc) is 1.35. The first-order valence-electron chi connectivity index (χ1n) is 1.86. The van der Waals surface area contributed by atoms with Crippen molar-refractivity contribution in [1.29, 1.82) is 0 Å². The molecule has 0 amide bonds. The molecule has 0 saturated heterocycles. The predicted molar refractivity (Wildman–Crippen MR) is 30.9 cm³/mol. The maximum absolute atomic E-state index is 8.38. The Labute approximate surface area is 49.1 Å². The lowest BCUT2D eigenvalue weighted by molar-refractivity contribution is 0.0500. The van der Waals surface area contributed by atoms with E-state index in [0.29, 0.717) is 6.42 Å². The van der Waals surface area contributed by atoms with E-state index in [2.05, 4.69) is 0 Å².